The molecule has 31 heavy (non-hydrogen) atoms. The summed E-state index contributed by atoms with van der Waals surface area (Å²) >= 11 is 0. The quantitative estimate of drug-likeness (QED) is 0.568. The van der Waals surface area contributed by atoms with Crippen LogP contribution in [0.3, 0.4) is 0 Å². The molecule has 2 N–H and O–H groups in total. The van der Waals surface area contributed by atoms with Crippen molar-refractivity contribution in [3.63, 3.8) is 0 Å². The molecule has 0 aliphatic rings. The van der Waals surface area contributed by atoms with Crippen molar-refractivity contribution in [1.82, 2.24) is 5.16 Å². The normalized spacial score (nSPS) is 11.5. The molecule has 0 saturated carbocycles. The van der Waals surface area contributed by atoms with Gasteiger partial charge in [0.15, 0.2) is 5.76 Å². The van der Waals surface area contributed by atoms with Crippen molar-refractivity contribution in [3.8, 4) is 5.75 Å². The van der Waals surface area contributed by atoms with E-state index < -0.39 is 10.0 Å². The summed E-state index contributed by atoms with van der Waals surface area (Å²) in [6, 6.07) is 11.8. The van der Waals surface area contributed by atoms with Gasteiger partial charge in [0, 0.05) is 12.6 Å². The van der Waals surface area contributed by atoms with E-state index in [1.165, 1.54) is 20.1 Å². The van der Waals surface area contributed by atoms with Crippen molar-refractivity contribution >= 4 is 39.5 Å². The fraction of sp³-hybridized carbons (Fsp3) is 0.182. The molecular formula is C22H23N3O5S. The van der Waals surface area contributed by atoms with E-state index in [1.54, 1.807) is 49.4 Å². The SMILES string of the molecule is COc1ccc(C=Cc2onc(C)c2NC(C)=O)cc1S(=O)(=O)Nc1cccc(C)c1. The van der Waals surface area contributed by atoms with Gasteiger partial charge in [0.2, 0.25) is 5.91 Å². The van der Waals surface area contributed by atoms with E-state index in [0.717, 1.165) is 5.56 Å². The van der Waals surface area contributed by atoms with Crippen LogP contribution < -0.4 is 14.8 Å². The lowest BCUT2D eigenvalue weighted by Gasteiger charge is -2.12. The molecule has 0 aliphatic heterocycles. The number of aromatic nitrogens is 1. The first-order valence-corrected chi connectivity index (χ1v) is 10.9. The molecule has 3 rings (SSSR count). The highest BCUT2D eigenvalue weighted by atomic mass is 32.2. The lowest BCUT2D eigenvalue weighted by Crippen LogP contribution is -2.14. The standard InChI is InChI=1S/C22H23N3O5S/c1-14-6-5-7-18(12-14)25-31(27,28)21-13-17(8-10-19(21)29-4)9-11-20-22(23-16(3)26)15(2)24-30-20/h5-13,25H,1-4H3,(H,23,26). The monoisotopic (exact) mass is 441 g/mol. The largest absolute Gasteiger partial charge is 0.495 e. The van der Waals surface area contributed by atoms with Crippen molar-refractivity contribution in [1.29, 1.82) is 0 Å². The minimum atomic E-state index is -3.90. The average Bonchev–Trinajstić information content (AvgIpc) is 3.05. The second kappa shape index (κ2) is 9.05. The molecule has 0 atom stereocenters. The van der Waals surface area contributed by atoms with Gasteiger partial charge in [0.1, 0.15) is 22.0 Å². The Morgan fingerprint density at radius 1 is 1.13 bits per heavy atom. The van der Waals surface area contributed by atoms with Crippen LogP contribution in [-0.2, 0) is 14.8 Å². The molecule has 0 bridgehead atoms. The van der Waals surface area contributed by atoms with Crippen molar-refractivity contribution in [2.75, 3.05) is 17.1 Å². The number of methoxy groups -OCH3 is 1. The number of aryl methyl sites for hydroxylation is 2. The highest BCUT2D eigenvalue weighted by molar-refractivity contribution is 7.92. The number of carbonyl (C=O) groups is 1. The van der Waals surface area contributed by atoms with Crippen molar-refractivity contribution in [2.24, 2.45) is 0 Å². The summed E-state index contributed by atoms with van der Waals surface area (Å²) in [5, 5.41) is 6.52. The summed E-state index contributed by atoms with van der Waals surface area (Å²) in [5.41, 5.74) is 2.98. The summed E-state index contributed by atoms with van der Waals surface area (Å²) in [4.78, 5) is 11.4. The number of rotatable bonds is 7. The molecule has 0 aliphatic carbocycles. The third-order valence-electron chi connectivity index (χ3n) is 4.36. The topological polar surface area (TPSA) is 111 Å². The summed E-state index contributed by atoms with van der Waals surface area (Å²) in [6.45, 7) is 4.98. The second-order valence-electron chi connectivity index (χ2n) is 6.91. The van der Waals surface area contributed by atoms with Crippen LogP contribution in [0.2, 0.25) is 0 Å². The maximum Gasteiger partial charge on any atom is 0.265 e. The molecule has 1 heterocycles. The van der Waals surface area contributed by atoms with E-state index in [1.807, 2.05) is 13.0 Å². The Morgan fingerprint density at radius 3 is 2.58 bits per heavy atom. The minimum Gasteiger partial charge on any atom is -0.495 e. The molecule has 0 saturated heterocycles. The van der Waals surface area contributed by atoms with E-state index in [0.29, 0.717) is 28.4 Å². The number of hydrogen-bond donors (Lipinski definition) is 2. The van der Waals surface area contributed by atoms with Crippen molar-refractivity contribution in [2.45, 2.75) is 25.7 Å². The molecule has 1 amide bonds. The fourth-order valence-electron chi connectivity index (χ4n) is 2.93. The van der Waals surface area contributed by atoms with E-state index in [2.05, 4.69) is 15.2 Å². The Labute approximate surface area is 181 Å². The van der Waals surface area contributed by atoms with Gasteiger partial charge in [-0.3, -0.25) is 9.52 Å². The predicted molar refractivity (Wildman–Crippen MR) is 119 cm³/mol. The van der Waals surface area contributed by atoms with Gasteiger partial charge in [0.05, 0.1) is 7.11 Å². The summed E-state index contributed by atoms with van der Waals surface area (Å²) in [5.74, 6) is 0.318. The molecular weight excluding hydrogens is 418 g/mol. The smallest absolute Gasteiger partial charge is 0.265 e. The maximum atomic E-state index is 13.0. The third kappa shape index (κ3) is 5.32. The number of anilines is 2. The molecule has 1 aromatic heterocycles. The van der Waals surface area contributed by atoms with Crippen LogP contribution in [0.25, 0.3) is 12.2 Å². The van der Waals surface area contributed by atoms with Crippen LogP contribution >= 0.6 is 0 Å². The molecule has 0 fully saturated rings. The Kier molecular flexibility index (Phi) is 6.45. The van der Waals surface area contributed by atoms with E-state index in [-0.39, 0.29) is 16.6 Å². The van der Waals surface area contributed by atoms with Crippen molar-refractivity contribution in [3.05, 3.63) is 65.0 Å². The second-order valence-corrected chi connectivity index (χ2v) is 8.56. The molecule has 162 valence electrons. The number of nitrogens with one attached hydrogen (secondary N) is 2. The van der Waals surface area contributed by atoms with Crippen LogP contribution in [0.4, 0.5) is 11.4 Å². The van der Waals surface area contributed by atoms with E-state index in [9.17, 15) is 13.2 Å². The Hall–Kier alpha value is -3.59. The van der Waals surface area contributed by atoms with Crippen LogP contribution in [0, 0.1) is 13.8 Å². The first-order chi connectivity index (χ1) is 14.7. The third-order valence-corrected chi connectivity index (χ3v) is 5.77. The van der Waals surface area contributed by atoms with Gasteiger partial charge in [0.25, 0.3) is 10.0 Å². The van der Waals surface area contributed by atoms with Gasteiger partial charge >= 0.3 is 0 Å². The zero-order chi connectivity index (χ0) is 22.6. The molecule has 3 aromatic rings. The van der Waals surface area contributed by atoms with E-state index >= 15 is 0 Å². The van der Waals surface area contributed by atoms with Gasteiger partial charge < -0.3 is 14.6 Å². The van der Waals surface area contributed by atoms with Gasteiger partial charge in [-0.05, 0) is 55.3 Å². The molecule has 2 aromatic carbocycles. The minimum absolute atomic E-state index is 0.00510. The van der Waals surface area contributed by atoms with Crippen LogP contribution in [0.15, 0.2) is 51.9 Å². The first kappa shape index (κ1) is 22.1. The van der Waals surface area contributed by atoms with Crippen LogP contribution in [0.1, 0.15) is 29.5 Å². The molecule has 0 unspecified atom stereocenters. The zero-order valence-electron chi connectivity index (χ0n) is 17.6. The maximum absolute atomic E-state index is 13.0. The molecule has 0 radical (unpaired) electrons. The van der Waals surface area contributed by atoms with Crippen LogP contribution in [0.5, 0.6) is 5.75 Å². The fourth-order valence-corrected chi connectivity index (χ4v) is 4.18. The lowest BCUT2D eigenvalue weighted by molar-refractivity contribution is -0.114. The highest BCUT2D eigenvalue weighted by Gasteiger charge is 2.20. The number of sulfonamides is 1. The summed E-state index contributed by atoms with van der Waals surface area (Å²) in [6.07, 6.45) is 3.27. The number of benzene rings is 2. The number of carbonyl (C=O) groups excluding carboxylic acids is 1. The zero-order valence-corrected chi connectivity index (χ0v) is 18.4. The van der Waals surface area contributed by atoms with Crippen LogP contribution in [-0.4, -0.2) is 26.6 Å². The number of amides is 1. The predicted octanol–water partition coefficient (Wildman–Crippen LogP) is 4.23. The number of nitrogens with zero attached hydrogens (tertiary/aromatic N) is 1. The van der Waals surface area contributed by atoms with Gasteiger partial charge in [-0.15, -0.1) is 0 Å². The summed E-state index contributed by atoms with van der Waals surface area (Å²) in [7, 11) is -2.49. The lowest BCUT2D eigenvalue weighted by atomic mass is 10.2. The van der Waals surface area contributed by atoms with Crippen molar-refractivity contribution < 1.29 is 22.5 Å². The van der Waals surface area contributed by atoms with Gasteiger partial charge in [-0.1, -0.05) is 29.4 Å². The molecule has 9 heteroatoms. The Morgan fingerprint density at radius 2 is 1.90 bits per heavy atom. The summed E-state index contributed by atoms with van der Waals surface area (Å²) < 4.78 is 39.1. The van der Waals surface area contributed by atoms with E-state index in [4.69, 9.17) is 9.26 Å². The average molecular weight is 442 g/mol. The Bertz CT molecular complexity index is 1250. The Balaban J connectivity index is 1.94. The first-order valence-electron chi connectivity index (χ1n) is 9.39. The van der Waals surface area contributed by atoms with Gasteiger partial charge in [-0.25, -0.2) is 8.42 Å². The molecule has 8 nitrogen and oxygen atoms in total. The molecule has 0 spiro atoms. The number of hydrogen-bond acceptors (Lipinski definition) is 6. The number of ether oxygens (including phenoxy) is 1. The van der Waals surface area contributed by atoms with Gasteiger partial charge in [-0.2, -0.15) is 0 Å². The highest BCUT2D eigenvalue weighted by Crippen LogP contribution is 2.29.